The summed E-state index contributed by atoms with van der Waals surface area (Å²) in [4.78, 5) is 23.2. The quantitative estimate of drug-likeness (QED) is 0.695. The molecule has 1 saturated heterocycles. The van der Waals surface area contributed by atoms with Crippen LogP contribution >= 0.6 is 11.6 Å². The van der Waals surface area contributed by atoms with Crippen LogP contribution in [0.15, 0.2) is 24.3 Å². The van der Waals surface area contributed by atoms with Crippen molar-refractivity contribution >= 4 is 29.1 Å². The number of carbonyl (C=O) groups is 2. The van der Waals surface area contributed by atoms with Gasteiger partial charge in [0.05, 0.1) is 5.92 Å². The van der Waals surface area contributed by atoms with Crippen LogP contribution in [0, 0.1) is 5.92 Å². The van der Waals surface area contributed by atoms with Crippen molar-refractivity contribution in [1.82, 2.24) is 10.6 Å². The molecule has 20 heavy (non-hydrogen) atoms. The largest absolute Gasteiger partial charge is 0.356 e. The first-order valence-electron chi connectivity index (χ1n) is 6.69. The lowest BCUT2D eigenvalue weighted by Crippen LogP contribution is -2.50. The van der Waals surface area contributed by atoms with Gasteiger partial charge in [0.1, 0.15) is 0 Å². The lowest BCUT2D eigenvalue weighted by molar-refractivity contribution is -0.126. The van der Waals surface area contributed by atoms with Crippen LogP contribution in [0.3, 0.4) is 0 Å². The lowest BCUT2D eigenvalue weighted by atomic mass is 10.0. The molecule has 1 aliphatic heterocycles. The minimum absolute atomic E-state index is 0.0631. The summed E-state index contributed by atoms with van der Waals surface area (Å²) in [5.41, 5.74) is 0.726. The van der Waals surface area contributed by atoms with Crippen molar-refractivity contribution in [2.24, 2.45) is 5.92 Å². The third-order valence-corrected chi connectivity index (χ3v) is 3.41. The molecule has 0 saturated carbocycles. The maximum atomic E-state index is 11.7. The molecule has 1 aliphatic rings. The first-order valence-corrected chi connectivity index (χ1v) is 7.07. The Labute approximate surface area is 123 Å². The first kappa shape index (κ1) is 14.8. The summed E-state index contributed by atoms with van der Waals surface area (Å²) in [6, 6.07) is 6.96. The molecule has 1 aromatic carbocycles. The molecule has 0 spiro atoms. The number of rotatable bonds is 6. The minimum atomic E-state index is -0.0631. The number of amides is 2. The van der Waals surface area contributed by atoms with Crippen molar-refractivity contribution in [2.75, 3.05) is 25.0 Å². The zero-order valence-corrected chi connectivity index (χ0v) is 11.9. The zero-order valence-electron chi connectivity index (χ0n) is 11.1. The Balaban J connectivity index is 1.60. The fourth-order valence-electron chi connectivity index (χ4n) is 1.84. The molecule has 0 unspecified atom stereocenters. The van der Waals surface area contributed by atoms with Crippen LogP contribution in [0.2, 0.25) is 5.02 Å². The van der Waals surface area contributed by atoms with Crippen LogP contribution in [-0.4, -0.2) is 31.4 Å². The number of nitrogens with one attached hydrogen (secondary N) is 3. The highest BCUT2D eigenvalue weighted by Gasteiger charge is 2.24. The van der Waals surface area contributed by atoms with Gasteiger partial charge >= 0.3 is 0 Å². The highest BCUT2D eigenvalue weighted by Crippen LogP contribution is 2.13. The predicted molar refractivity (Wildman–Crippen MR) is 78.7 cm³/mol. The predicted octanol–water partition coefficient (Wildman–Crippen LogP) is 1.39. The second kappa shape index (κ2) is 7.26. The molecule has 0 bridgehead atoms. The number of hydrogen-bond donors (Lipinski definition) is 3. The van der Waals surface area contributed by atoms with Crippen LogP contribution < -0.4 is 16.0 Å². The molecule has 108 valence electrons. The summed E-state index contributed by atoms with van der Waals surface area (Å²) < 4.78 is 0. The molecule has 2 amide bonds. The monoisotopic (exact) mass is 295 g/mol. The van der Waals surface area contributed by atoms with Gasteiger partial charge in [-0.2, -0.15) is 0 Å². The SMILES string of the molecule is O=C(CCCNC(=O)C1CNC1)Nc1ccc(Cl)cc1. The Morgan fingerprint density at radius 2 is 1.95 bits per heavy atom. The third kappa shape index (κ3) is 4.51. The van der Waals surface area contributed by atoms with E-state index >= 15 is 0 Å². The number of carbonyl (C=O) groups excluding carboxylic acids is 2. The molecule has 1 heterocycles. The van der Waals surface area contributed by atoms with E-state index in [-0.39, 0.29) is 17.7 Å². The summed E-state index contributed by atoms with van der Waals surface area (Å²) in [5.74, 6) is 0.103. The molecule has 0 atom stereocenters. The number of hydrogen-bond acceptors (Lipinski definition) is 3. The molecule has 1 aromatic rings. The molecule has 2 rings (SSSR count). The summed E-state index contributed by atoms with van der Waals surface area (Å²) in [6.07, 6.45) is 1.01. The van der Waals surface area contributed by atoms with Crippen LogP contribution in [0.25, 0.3) is 0 Å². The van der Waals surface area contributed by atoms with Gasteiger partial charge in [-0.05, 0) is 30.7 Å². The molecule has 1 fully saturated rings. The fourth-order valence-corrected chi connectivity index (χ4v) is 1.96. The van der Waals surface area contributed by atoms with E-state index in [4.69, 9.17) is 11.6 Å². The zero-order chi connectivity index (χ0) is 14.4. The molecule has 6 heteroatoms. The topological polar surface area (TPSA) is 70.2 Å². The lowest BCUT2D eigenvalue weighted by Gasteiger charge is -2.25. The van der Waals surface area contributed by atoms with Crippen LogP contribution in [0.5, 0.6) is 0 Å². The van der Waals surface area contributed by atoms with Gasteiger partial charge in [-0.3, -0.25) is 9.59 Å². The van der Waals surface area contributed by atoms with Crippen molar-refractivity contribution in [2.45, 2.75) is 12.8 Å². The van der Waals surface area contributed by atoms with E-state index in [9.17, 15) is 9.59 Å². The van der Waals surface area contributed by atoms with Crippen LogP contribution in [0.1, 0.15) is 12.8 Å². The maximum absolute atomic E-state index is 11.7. The second-order valence-electron chi connectivity index (χ2n) is 4.80. The van der Waals surface area contributed by atoms with Gasteiger partial charge in [0, 0.05) is 36.8 Å². The smallest absolute Gasteiger partial charge is 0.225 e. The standard InChI is InChI=1S/C14H18ClN3O2/c15-11-3-5-12(6-4-11)18-13(19)2-1-7-17-14(20)10-8-16-9-10/h3-6,10,16H,1-2,7-9H2,(H,17,20)(H,18,19). The first-order chi connectivity index (χ1) is 9.65. The maximum Gasteiger partial charge on any atom is 0.225 e. The molecule has 0 aromatic heterocycles. The highest BCUT2D eigenvalue weighted by atomic mass is 35.5. The van der Waals surface area contributed by atoms with Gasteiger partial charge < -0.3 is 16.0 Å². The summed E-state index contributed by atoms with van der Waals surface area (Å²) in [5, 5.41) is 9.30. The van der Waals surface area contributed by atoms with Crippen molar-refractivity contribution in [3.63, 3.8) is 0 Å². The van der Waals surface area contributed by atoms with Crippen molar-refractivity contribution < 1.29 is 9.59 Å². The number of anilines is 1. The van der Waals surface area contributed by atoms with Gasteiger partial charge in [0.2, 0.25) is 11.8 Å². The van der Waals surface area contributed by atoms with Crippen LogP contribution in [-0.2, 0) is 9.59 Å². The van der Waals surface area contributed by atoms with Gasteiger partial charge in [0.15, 0.2) is 0 Å². The minimum Gasteiger partial charge on any atom is -0.356 e. The molecule has 0 radical (unpaired) electrons. The Morgan fingerprint density at radius 3 is 2.55 bits per heavy atom. The Bertz CT molecular complexity index is 472. The van der Waals surface area contributed by atoms with Crippen molar-refractivity contribution in [3.8, 4) is 0 Å². The Morgan fingerprint density at radius 1 is 1.25 bits per heavy atom. The highest BCUT2D eigenvalue weighted by molar-refractivity contribution is 6.30. The van der Waals surface area contributed by atoms with E-state index in [0.29, 0.717) is 24.4 Å². The van der Waals surface area contributed by atoms with Gasteiger partial charge in [-0.1, -0.05) is 11.6 Å². The fraction of sp³-hybridized carbons (Fsp3) is 0.429. The number of halogens is 1. The van der Waals surface area contributed by atoms with Crippen molar-refractivity contribution in [3.05, 3.63) is 29.3 Å². The van der Waals surface area contributed by atoms with Gasteiger partial charge in [-0.15, -0.1) is 0 Å². The molecular weight excluding hydrogens is 278 g/mol. The number of benzene rings is 1. The third-order valence-electron chi connectivity index (χ3n) is 3.16. The normalized spacial score (nSPS) is 14.4. The van der Waals surface area contributed by atoms with Crippen LogP contribution in [0.4, 0.5) is 5.69 Å². The summed E-state index contributed by atoms with van der Waals surface area (Å²) in [7, 11) is 0. The van der Waals surface area contributed by atoms with E-state index in [1.54, 1.807) is 24.3 Å². The van der Waals surface area contributed by atoms with Gasteiger partial charge in [-0.25, -0.2) is 0 Å². The Kier molecular flexibility index (Phi) is 5.38. The Hall–Kier alpha value is -1.59. The van der Waals surface area contributed by atoms with E-state index in [0.717, 1.165) is 18.8 Å². The summed E-state index contributed by atoms with van der Waals surface area (Å²) in [6.45, 7) is 2.04. The van der Waals surface area contributed by atoms with Gasteiger partial charge in [0.25, 0.3) is 0 Å². The average molecular weight is 296 g/mol. The van der Waals surface area contributed by atoms with E-state index in [2.05, 4.69) is 16.0 Å². The molecule has 0 aliphatic carbocycles. The molecule has 5 nitrogen and oxygen atoms in total. The second-order valence-corrected chi connectivity index (χ2v) is 5.24. The summed E-state index contributed by atoms with van der Waals surface area (Å²) >= 11 is 5.77. The average Bonchev–Trinajstić information content (AvgIpc) is 2.35. The molecular formula is C14H18ClN3O2. The van der Waals surface area contributed by atoms with E-state index < -0.39 is 0 Å². The van der Waals surface area contributed by atoms with E-state index in [1.807, 2.05) is 0 Å². The van der Waals surface area contributed by atoms with E-state index in [1.165, 1.54) is 0 Å². The van der Waals surface area contributed by atoms with Crippen molar-refractivity contribution in [1.29, 1.82) is 0 Å². The molecule has 3 N–H and O–H groups in total.